The standard InChI is InChI=1S/C17H18ClN3O2/c1-11(2)21-17(23)14-7-13(8-19-9-14)16(22)20-10-12-5-3-4-6-15(12)18/h3-9,11H,10H2,1-2H3,(H,20,22)(H,21,23). The summed E-state index contributed by atoms with van der Waals surface area (Å²) < 4.78 is 0. The van der Waals surface area contributed by atoms with Crippen LogP contribution in [0.1, 0.15) is 40.1 Å². The summed E-state index contributed by atoms with van der Waals surface area (Å²) in [6, 6.07) is 8.82. The lowest BCUT2D eigenvalue weighted by Gasteiger charge is -2.10. The van der Waals surface area contributed by atoms with Crippen LogP contribution in [0.5, 0.6) is 0 Å². The minimum atomic E-state index is -0.309. The van der Waals surface area contributed by atoms with Crippen LogP contribution in [0.2, 0.25) is 5.02 Å². The molecule has 2 N–H and O–H groups in total. The van der Waals surface area contributed by atoms with Crippen LogP contribution < -0.4 is 10.6 Å². The van der Waals surface area contributed by atoms with Crippen LogP contribution in [0.3, 0.4) is 0 Å². The third-order valence-electron chi connectivity index (χ3n) is 3.08. The Bertz CT molecular complexity index is 716. The van der Waals surface area contributed by atoms with Gasteiger partial charge < -0.3 is 10.6 Å². The number of halogens is 1. The minimum Gasteiger partial charge on any atom is -0.350 e. The number of rotatable bonds is 5. The molecular weight excluding hydrogens is 314 g/mol. The summed E-state index contributed by atoms with van der Waals surface area (Å²) in [4.78, 5) is 28.1. The van der Waals surface area contributed by atoms with E-state index >= 15 is 0 Å². The first-order valence-electron chi connectivity index (χ1n) is 7.25. The molecule has 2 aromatic rings. The van der Waals surface area contributed by atoms with Crippen molar-refractivity contribution in [3.63, 3.8) is 0 Å². The summed E-state index contributed by atoms with van der Waals surface area (Å²) in [6.07, 6.45) is 2.86. The number of carbonyl (C=O) groups is 2. The molecule has 1 heterocycles. The van der Waals surface area contributed by atoms with Gasteiger partial charge in [-0.15, -0.1) is 0 Å². The van der Waals surface area contributed by atoms with Gasteiger partial charge in [-0.1, -0.05) is 29.8 Å². The lowest BCUT2D eigenvalue weighted by molar-refractivity contribution is 0.0942. The lowest BCUT2D eigenvalue weighted by Crippen LogP contribution is -2.30. The lowest BCUT2D eigenvalue weighted by atomic mass is 10.1. The van der Waals surface area contributed by atoms with Crippen molar-refractivity contribution >= 4 is 23.4 Å². The Morgan fingerprint density at radius 1 is 1.13 bits per heavy atom. The molecule has 1 aromatic heterocycles. The normalized spacial score (nSPS) is 10.4. The number of hydrogen-bond acceptors (Lipinski definition) is 3. The van der Waals surface area contributed by atoms with E-state index in [-0.39, 0.29) is 17.9 Å². The predicted octanol–water partition coefficient (Wildman–Crippen LogP) is 2.80. The topological polar surface area (TPSA) is 71.1 Å². The molecule has 1 aromatic carbocycles. The van der Waals surface area contributed by atoms with Gasteiger partial charge in [-0.25, -0.2) is 0 Å². The van der Waals surface area contributed by atoms with Crippen LogP contribution >= 0.6 is 11.6 Å². The number of carbonyl (C=O) groups excluding carboxylic acids is 2. The summed E-state index contributed by atoms with van der Waals surface area (Å²) >= 11 is 6.05. The van der Waals surface area contributed by atoms with Crippen molar-refractivity contribution in [1.29, 1.82) is 0 Å². The zero-order chi connectivity index (χ0) is 16.8. The SMILES string of the molecule is CC(C)NC(=O)c1cncc(C(=O)NCc2ccccc2Cl)c1. The molecule has 0 radical (unpaired) electrons. The Balaban J connectivity index is 2.05. The van der Waals surface area contributed by atoms with Crippen molar-refractivity contribution < 1.29 is 9.59 Å². The highest BCUT2D eigenvalue weighted by atomic mass is 35.5. The molecular formula is C17H18ClN3O2. The minimum absolute atomic E-state index is 0.0141. The van der Waals surface area contributed by atoms with E-state index in [9.17, 15) is 9.59 Å². The molecule has 0 atom stereocenters. The number of aromatic nitrogens is 1. The summed E-state index contributed by atoms with van der Waals surface area (Å²) in [5.41, 5.74) is 1.50. The van der Waals surface area contributed by atoms with Gasteiger partial charge in [-0.2, -0.15) is 0 Å². The van der Waals surface area contributed by atoms with Gasteiger partial charge in [-0.3, -0.25) is 14.6 Å². The largest absolute Gasteiger partial charge is 0.350 e. The molecule has 0 fully saturated rings. The Labute approximate surface area is 140 Å². The number of amides is 2. The first-order chi connectivity index (χ1) is 11.0. The number of hydrogen-bond donors (Lipinski definition) is 2. The summed E-state index contributed by atoms with van der Waals surface area (Å²) in [5.74, 6) is -0.565. The molecule has 6 heteroatoms. The molecule has 120 valence electrons. The van der Waals surface area contributed by atoms with Crippen molar-refractivity contribution in [3.8, 4) is 0 Å². The zero-order valence-corrected chi connectivity index (χ0v) is 13.7. The van der Waals surface area contributed by atoms with Crippen molar-refractivity contribution in [2.75, 3.05) is 0 Å². The van der Waals surface area contributed by atoms with Gasteiger partial charge in [0, 0.05) is 30.0 Å². The average Bonchev–Trinajstić information content (AvgIpc) is 2.53. The first kappa shape index (κ1) is 17.0. The first-order valence-corrected chi connectivity index (χ1v) is 7.62. The van der Waals surface area contributed by atoms with Crippen LogP contribution in [-0.4, -0.2) is 22.8 Å². The van der Waals surface area contributed by atoms with E-state index in [1.165, 1.54) is 18.5 Å². The van der Waals surface area contributed by atoms with E-state index in [2.05, 4.69) is 15.6 Å². The molecule has 5 nitrogen and oxygen atoms in total. The van der Waals surface area contributed by atoms with Crippen molar-refractivity contribution in [2.45, 2.75) is 26.4 Å². The highest BCUT2D eigenvalue weighted by Crippen LogP contribution is 2.14. The van der Waals surface area contributed by atoms with Crippen LogP contribution in [0.4, 0.5) is 0 Å². The van der Waals surface area contributed by atoms with Crippen LogP contribution in [-0.2, 0) is 6.54 Å². The quantitative estimate of drug-likeness (QED) is 0.885. The van der Waals surface area contributed by atoms with E-state index in [0.717, 1.165) is 5.56 Å². The second kappa shape index (κ2) is 7.74. The number of nitrogens with one attached hydrogen (secondary N) is 2. The second-order valence-electron chi connectivity index (χ2n) is 5.36. The summed E-state index contributed by atoms with van der Waals surface area (Å²) in [6.45, 7) is 4.04. The van der Waals surface area contributed by atoms with Gasteiger partial charge in [-0.05, 0) is 31.5 Å². The average molecular weight is 332 g/mol. The number of nitrogens with zero attached hydrogens (tertiary/aromatic N) is 1. The third kappa shape index (κ3) is 4.79. The molecule has 0 aliphatic heterocycles. The van der Waals surface area contributed by atoms with E-state index < -0.39 is 0 Å². The molecule has 0 aliphatic rings. The zero-order valence-electron chi connectivity index (χ0n) is 13.0. The molecule has 0 aliphatic carbocycles. The molecule has 0 saturated heterocycles. The highest BCUT2D eigenvalue weighted by Gasteiger charge is 2.12. The predicted molar refractivity (Wildman–Crippen MR) is 89.5 cm³/mol. The van der Waals surface area contributed by atoms with E-state index in [0.29, 0.717) is 22.7 Å². The van der Waals surface area contributed by atoms with E-state index in [4.69, 9.17) is 11.6 Å². The highest BCUT2D eigenvalue weighted by molar-refractivity contribution is 6.31. The van der Waals surface area contributed by atoms with Crippen molar-refractivity contribution in [3.05, 3.63) is 64.4 Å². The van der Waals surface area contributed by atoms with Gasteiger partial charge >= 0.3 is 0 Å². The summed E-state index contributed by atoms with van der Waals surface area (Å²) in [7, 11) is 0. The molecule has 2 rings (SSSR count). The van der Waals surface area contributed by atoms with Gasteiger partial charge in [0.25, 0.3) is 11.8 Å². The molecule has 0 spiro atoms. The fourth-order valence-corrected chi connectivity index (χ4v) is 2.16. The Kier molecular flexibility index (Phi) is 5.71. The van der Waals surface area contributed by atoms with Crippen molar-refractivity contribution in [2.24, 2.45) is 0 Å². The Hall–Kier alpha value is -2.40. The van der Waals surface area contributed by atoms with Crippen LogP contribution in [0, 0.1) is 0 Å². The monoisotopic (exact) mass is 331 g/mol. The van der Waals surface area contributed by atoms with Gasteiger partial charge in [0.2, 0.25) is 0 Å². The molecule has 23 heavy (non-hydrogen) atoms. The molecule has 2 amide bonds. The van der Waals surface area contributed by atoms with E-state index in [1.54, 1.807) is 6.07 Å². The third-order valence-corrected chi connectivity index (χ3v) is 3.45. The van der Waals surface area contributed by atoms with E-state index in [1.807, 2.05) is 32.0 Å². The Morgan fingerprint density at radius 2 is 1.78 bits per heavy atom. The van der Waals surface area contributed by atoms with Gasteiger partial charge in [0.15, 0.2) is 0 Å². The maximum Gasteiger partial charge on any atom is 0.253 e. The van der Waals surface area contributed by atoms with Crippen molar-refractivity contribution in [1.82, 2.24) is 15.6 Å². The summed E-state index contributed by atoms with van der Waals surface area (Å²) in [5, 5.41) is 6.12. The van der Waals surface area contributed by atoms with Crippen LogP contribution in [0.15, 0.2) is 42.7 Å². The molecule has 0 saturated carbocycles. The number of benzene rings is 1. The van der Waals surface area contributed by atoms with Crippen LogP contribution in [0.25, 0.3) is 0 Å². The fraction of sp³-hybridized carbons (Fsp3) is 0.235. The number of pyridine rings is 1. The Morgan fingerprint density at radius 3 is 2.43 bits per heavy atom. The second-order valence-corrected chi connectivity index (χ2v) is 5.77. The maximum atomic E-state index is 12.2. The molecule has 0 bridgehead atoms. The van der Waals surface area contributed by atoms with Gasteiger partial charge in [0.1, 0.15) is 0 Å². The van der Waals surface area contributed by atoms with Gasteiger partial charge in [0.05, 0.1) is 11.1 Å². The molecule has 0 unspecified atom stereocenters. The smallest absolute Gasteiger partial charge is 0.253 e. The maximum absolute atomic E-state index is 12.2. The fourth-order valence-electron chi connectivity index (χ4n) is 1.95.